The lowest BCUT2D eigenvalue weighted by Crippen LogP contribution is -2.07. The van der Waals surface area contributed by atoms with Crippen molar-refractivity contribution in [3.8, 4) is 5.69 Å². The lowest BCUT2D eigenvalue weighted by atomic mass is 10.1. The maximum Gasteiger partial charge on any atom is 0.416 e. The van der Waals surface area contributed by atoms with E-state index in [0.717, 1.165) is 23.5 Å². The van der Waals surface area contributed by atoms with Crippen molar-refractivity contribution >= 4 is 45.9 Å². The van der Waals surface area contributed by atoms with Crippen LogP contribution < -0.4 is 16.0 Å². The van der Waals surface area contributed by atoms with Crippen LogP contribution in [0.1, 0.15) is 18.1 Å². The molecule has 0 aliphatic rings. The molecule has 0 saturated carbocycles. The van der Waals surface area contributed by atoms with Crippen molar-refractivity contribution in [1.82, 2.24) is 29.1 Å². The molecule has 0 aliphatic heterocycles. The highest BCUT2D eigenvalue weighted by Gasteiger charge is 2.30. The zero-order valence-corrected chi connectivity index (χ0v) is 22.7. The third-order valence-electron chi connectivity index (χ3n) is 6.49. The second kappa shape index (κ2) is 11.3. The lowest BCUT2D eigenvalue weighted by molar-refractivity contribution is -0.137. The number of halogens is 3. The molecule has 0 unspecified atom stereocenters. The maximum atomic E-state index is 13.1. The SMILES string of the molecule is CC(=O)Nc1ccc(Nc2nc(Nc3ccc(-n4ccnc4)cc3)nc3c2ncn3Cc2ccc(C(F)(F)F)cc2)cc1. The zero-order chi connectivity index (χ0) is 30.0. The molecule has 6 aromatic rings. The molecule has 3 heterocycles. The fourth-order valence-electron chi connectivity index (χ4n) is 4.43. The highest BCUT2D eigenvalue weighted by molar-refractivity contribution is 5.90. The van der Waals surface area contributed by atoms with Crippen LogP contribution in [0, 0.1) is 0 Å². The van der Waals surface area contributed by atoms with E-state index in [9.17, 15) is 18.0 Å². The van der Waals surface area contributed by atoms with Gasteiger partial charge in [0.15, 0.2) is 17.0 Å². The number of carbonyl (C=O) groups is 1. The van der Waals surface area contributed by atoms with Crippen molar-refractivity contribution in [1.29, 1.82) is 0 Å². The fourth-order valence-corrected chi connectivity index (χ4v) is 4.43. The molecule has 0 atom stereocenters. The summed E-state index contributed by atoms with van der Waals surface area (Å²) in [7, 11) is 0. The largest absolute Gasteiger partial charge is 0.416 e. The fraction of sp³-hybridized carbons (Fsp3) is 0.100. The van der Waals surface area contributed by atoms with Gasteiger partial charge < -0.3 is 25.1 Å². The molecule has 216 valence electrons. The van der Waals surface area contributed by atoms with Gasteiger partial charge in [-0.05, 0) is 66.2 Å². The molecule has 43 heavy (non-hydrogen) atoms. The number of hydrogen-bond acceptors (Lipinski definition) is 7. The Labute approximate surface area is 243 Å². The number of rotatable bonds is 8. The topological polar surface area (TPSA) is 115 Å². The van der Waals surface area contributed by atoms with Gasteiger partial charge >= 0.3 is 6.18 Å². The van der Waals surface area contributed by atoms with Crippen LogP contribution in [0.25, 0.3) is 16.9 Å². The first-order chi connectivity index (χ1) is 20.7. The van der Waals surface area contributed by atoms with Crippen LogP contribution in [0.4, 0.5) is 42.0 Å². The highest BCUT2D eigenvalue weighted by atomic mass is 19.4. The van der Waals surface area contributed by atoms with Gasteiger partial charge in [0, 0.05) is 42.1 Å². The minimum Gasteiger partial charge on any atom is -0.338 e. The van der Waals surface area contributed by atoms with E-state index < -0.39 is 11.7 Å². The molecule has 6 rings (SSSR count). The molecule has 0 spiro atoms. The summed E-state index contributed by atoms with van der Waals surface area (Å²) in [5.74, 6) is 0.529. The Morgan fingerprint density at radius 2 is 1.51 bits per heavy atom. The van der Waals surface area contributed by atoms with Gasteiger partial charge in [-0.15, -0.1) is 0 Å². The van der Waals surface area contributed by atoms with E-state index in [4.69, 9.17) is 4.98 Å². The summed E-state index contributed by atoms with van der Waals surface area (Å²) in [4.78, 5) is 29.3. The molecule has 0 radical (unpaired) electrons. The van der Waals surface area contributed by atoms with Gasteiger partial charge in [0.05, 0.1) is 24.8 Å². The third-order valence-corrected chi connectivity index (χ3v) is 6.49. The van der Waals surface area contributed by atoms with Crippen LogP contribution in [0.2, 0.25) is 0 Å². The van der Waals surface area contributed by atoms with Crippen LogP contribution in [-0.2, 0) is 17.5 Å². The highest BCUT2D eigenvalue weighted by Crippen LogP contribution is 2.30. The van der Waals surface area contributed by atoms with Crippen LogP contribution >= 0.6 is 0 Å². The second-order valence-electron chi connectivity index (χ2n) is 9.66. The Bertz CT molecular complexity index is 1860. The average molecular weight is 584 g/mol. The first-order valence-corrected chi connectivity index (χ1v) is 13.1. The second-order valence-corrected chi connectivity index (χ2v) is 9.66. The number of carbonyl (C=O) groups excluding carboxylic acids is 1. The number of benzene rings is 3. The summed E-state index contributed by atoms with van der Waals surface area (Å²) in [5, 5.41) is 9.22. The molecule has 3 N–H and O–H groups in total. The van der Waals surface area contributed by atoms with Crippen LogP contribution in [0.3, 0.4) is 0 Å². The smallest absolute Gasteiger partial charge is 0.338 e. The average Bonchev–Trinajstić information content (AvgIpc) is 3.65. The standard InChI is InChI=1S/C30H24F3N9O/c1-19(43)36-22-6-8-23(9-7-22)37-27-26-28(42(18-35-26)16-20-2-4-21(5-3-20)30(31,32)33)40-29(39-27)38-24-10-12-25(13-11-24)41-15-14-34-17-41/h2-15,17-18H,16H2,1H3,(H,36,43)(H2,37,38,39,40). The van der Waals surface area contributed by atoms with Crippen molar-refractivity contribution in [2.24, 2.45) is 0 Å². The first-order valence-electron chi connectivity index (χ1n) is 13.1. The van der Waals surface area contributed by atoms with Crippen molar-refractivity contribution in [3.05, 3.63) is 109 Å². The number of hydrogen-bond donors (Lipinski definition) is 3. The summed E-state index contributed by atoms with van der Waals surface area (Å²) < 4.78 is 42.8. The minimum absolute atomic E-state index is 0.175. The molecular weight excluding hydrogens is 559 g/mol. The van der Waals surface area contributed by atoms with Gasteiger partial charge in [-0.1, -0.05) is 12.1 Å². The summed E-state index contributed by atoms with van der Waals surface area (Å²) in [5.41, 5.74) is 3.90. The molecule has 13 heteroatoms. The Morgan fingerprint density at radius 1 is 0.837 bits per heavy atom. The third kappa shape index (κ3) is 6.30. The summed E-state index contributed by atoms with van der Waals surface area (Å²) in [6, 6.07) is 19.7. The van der Waals surface area contributed by atoms with E-state index in [-0.39, 0.29) is 18.4 Å². The molecule has 0 saturated heterocycles. The predicted molar refractivity (Wildman–Crippen MR) is 157 cm³/mol. The Morgan fingerprint density at radius 3 is 2.16 bits per heavy atom. The number of alkyl halides is 3. The van der Waals surface area contributed by atoms with E-state index in [0.29, 0.717) is 33.9 Å². The molecule has 3 aromatic carbocycles. The van der Waals surface area contributed by atoms with Gasteiger partial charge in [-0.2, -0.15) is 23.1 Å². The van der Waals surface area contributed by atoms with E-state index in [1.54, 1.807) is 47.7 Å². The minimum atomic E-state index is -4.41. The summed E-state index contributed by atoms with van der Waals surface area (Å²) >= 11 is 0. The number of amides is 1. The van der Waals surface area contributed by atoms with E-state index >= 15 is 0 Å². The molecule has 3 aromatic heterocycles. The molecule has 10 nitrogen and oxygen atoms in total. The summed E-state index contributed by atoms with van der Waals surface area (Å²) in [6.07, 6.45) is 2.42. The molecular formula is C30H24F3N9O. The van der Waals surface area contributed by atoms with Crippen LogP contribution in [0.15, 0.2) is 97.8 Å². The number of aromatic nitrogens is 6. The van der Waals surface area contributed by atoms with E-state index in [1.807, 2.05) is 35.0 Å². The Balaban J connectivity index is 1.33. The van der Waals surface area contributed by atoms with Gasteiger partial charge in [0.25, 0.3) is 0 Å². The van der Waals surface area contributed by atoms with Gasteiger partial charge in [-0.25, -0.2) is 9.97 Å². The number of anilines is 5. The number of imidazole rings is 2. The lowest BCUT2D eigenvalue weighted by Gasteiger charge is -2.12. The summed E-state index contributed by atoms with van der Waals surface area (Å²) in [6.45, 7) is 1.68. The molecule has 0 fully saturated rings. The number of nitrogens with one attached hydrogen (secondary N) is 3. The first kappa shape index (κ1) is 27.4. The number of fused-ring (bicyclic) bond motifs is 1. The van der Waals surface area contributed by atoms with Crippen molar-refractivity contribution in [2.45, 2.75) is 19.6 Å². The Hall–Kier alpha value is -5.72. The van der Waals surface area contributed by atoms with Crippen molar-refractivity contribution < 1.29 is 18.0 Å². The molecule has 0 bridgehead atoms. The predicted octanol–water partition coefficient (Wildman–Crippen LogP) is 6.52. The quantitative estimate of drug-likeness (QED) is 0.187. The van der Waals surface area contributed by atoms with Gasteiger partial charge in [-0.3, -0.25) is 4.79 Å². The van der Waals surface area contributed by atoms with Crippen molar-refractivity contribution in [3.63, 3.8) is 0 Å². The van der Waals surface area contributed by atoms with E-state index in [1.165, 1.54) is 19.1 Å². The maximum absolute atomic E-state index is 13.1. The number of nitrogens with zero attached hydrogens (tertiary/aromatic N) is 6. The van der Waals surface area contributed by atoms with Crippen molar-refractivity contribution in [2.75, 3.05) is 16.0 Å². The Kier molecular flexibility index (Phi) is 7.20. The van der Waals surface area contributed by atoms with E-state index in [2.05, 4.69) is 30.9 Å². The normalized spacial score (nSPS) is 11.4. The zero-order valence-electron chi connectivity index (χ0n) is 22.7. The van der Waals surface area contributed by atoms with Gasteiger partial charge in [0.2, 0.25) is 11.9 Å². The molecule has 0 aliphatic carbocycles. The van der Waals surface area contributed by atoms with Crippen LogP contribution in [0.5, 0.6) is 0 Å². The monoisotopic (exact) mass is 583 g/mol. The van der Waals surface area contributed by atoms with Gasteiger partial charge in [0.1, 0.15) is 0 Å². The van der Waals surface area contributed by atoms with Crippen LogP contribution in [-0.4, -0.2) is 35.0 Å². The molecule has 1 amide bonds.